The highest BCUT2D eigenvalue weighted by molar-refractivity contribution is 5.80. The normalized spacial score (nSPS) is 20.8. The number of ether oxygens (including phenoxy) is 1. The zero-order valence-corrected chi connectivity index (χ0v) is 11.5. The summed E-state index contributed by atoms with van der Waals surface area (Å²) < 4.78 is 7.41. The Morgan fingerprint density at radius 2 is 2.26 bits per heavy atom. The van der Waals surface area contributed by atoms with Crippen molar-refractivity contribution in [1.82, 2.24) is 14.5 Å². The molecule has 19 heavy (non-hydrogen) atoms. The van der Waals surface area contributed by atoms with Crippen LogP contribution in [0.15, 0.2) is 18.2 Å². The van der Waals surface area contributed by atoms with Crippen molar-refractivity contribution in [2.45, 2.75) is 18.9 Å². The topological polar surface area (TPSA) is 56.3 Å². The first kappa shape index (κ1) is 12.3. The first-order chi connectivity index (χ1) is 9.19. The zero-order chi connectivity index (χ0) is 13.4. The summed E-state index contributed by atoms with van der Waals surface area (Å²) in [4.78, 5) is 6.81. The average molecular weight is 260 g/mol. The molecule has 2 heterocycles. The molecule has 2 N–H and O–H groups in total. The lowest BCUT2D eigenvalue weighted by molar-refractivity contribution is 0.216. The largest absolute Gasteiger partial charge is 0.497 e. The maximum atomic E-state index is 6.11. The van der Waals surface area contributed by atoms with Crippen LogP contribution in [0.1, 0.15) is 18.9 Å². The molecule has 1 aromatic carbocycles. The summed E-state index contributed by atoms with van der Waals surface area (Å²) in [6.07, 6.45) is 2.36. The summed E-state index contributed by atoms with van der Waals surface area (Å²) >= 11 is 0. The molecule has 1 fully saturated rings. The van der Waals surface area contributed by atoms with Gasteiger partial charge in [-0.3, -0.25) is 0 Å². The standard InChI is InChI=1S/C14H20N4O/c1-17-7-3-4-10(9-17)18-13-6-5-11(19-2)8-12(13)16-14(18)15/h5-6,8,10H,3-4,7,9H2,1-2H3,(H2,15,16). The van der Waals surface area contributed by atoms with E-state index in [4.69, 9.17) is 10.5 Å². The highest BCUT2D eigenvalue weighted by Crippen LogP contribution is 2.30. The van der Waals surface area contributed by atoms with Gasteiger partial charge in [-0.15, -0.1) is 0 Å². The van der Waals surface area contributed by atoms with Crippen LogP contribution in [0.25, 0.3) is 11.0 Å². The van der Waals surface area contributed by atoms with Crippen molar-refractivity contribution in [3.8, 4) is 5.75 Å². The zero-order valence-electron chi connectivity index (χ0n) is 11.5. The number of likely N-dealkylation sites (tertiary alicyclic amines) is 1. The maximum absolute atomic E-state index is 6.11. The molecule has 1 aliphatic rings. The smallest absolute Gasteiger partial charge is 0.201 e. The van der Waals surface area contributed by atoms with Gasteiger partial charge in [-0.25, -0.2) is 4.98 Å². The Bertz CT molecular complexity index is 592. The monoisotopic (exact) mass is 260 g/mol. The summed E-state index contributed by atoms with van der Waals surface area (Å²) in [5, 5.41) is 0. The summed E-state index contributed by atoms with van der Waals surface area (Å²) in [6.45, 7) is 2.19. The number of piperidine rings is 1. The molecule has 0 radical (unpaired) electrons. The van der Waals surface area contributed by atoms with Crippen LogP contribution in [0.3, 0.4) is 0 Å². The number of benzene rings is 1. The third-order valence-corrected chi connectivity index (χ3v) is 3.89. The second-order valence-electron chi connectivity index (χ2n) is 5.25. The number of anilines is 1. The minimum absolute atomic E-state index is 0.414. The number of aromatic nitrogens is 2. The number of rotatable bonds is 2. The van der Waals surface area contributed by atoms with Crippen molar-refractivity contribution in [3.63, 3.8) is 0 Å². The summed E-state index contributed by atoms with van der Waals surface area (Å²) in [6, 6.07) is 6.37. The lowest BCUT2D eigenvalue weighted by Gasteiger charge is -2.31. The highest BCUT2D eigenvalue weighted by atomic mass is 16.5. The highest BCUT2D eigenvalue weighted by Gasteiger charge is 2.22. The van der Waals surface area contributed by atoms with E-state index in [1.807, 2.05) is 18.2 Å². The Labute approximate surface area is 113 Å². The molecule has 0 saturated carbocycles. The van der Waals surface area contributed by atoms with Crippen molar-refractivity contribution < 1.29 is 4.74 Å². The summed E-state index contributed by atoms with van der Waals surface area (Å²) in [5.41, 5.74) is 8.12. The van der Waals surface area contributed by atoms with E-state index in [1.54, 1.807) is 7.11 Å². The van der Waals surface area contributed by atoms with Crippen LogP contribution in [0, 0.1) is 0 Å². The molecule has 1 aromatic heterocycles. The van der Waals surface area contributed by atoms with Gasteiger partial charge in [0.15, 0.2) is 0 Å². The van der Waals surface area contributed by atoms with Crippen molar-refractivity contribution in [2.24, 2.45) is 0 Å². The molecule has 102 valence electrons. The molecule has 1 saturated heterocycles. The van der Waals surface area contributed by atoms with Gasteiger partial charge in [0.25, 0.3) is 0 Å². The predicted molar refractivity (Wildman–Crippen MR) is 76.5 cm³/mol. The maximum Gasteiger partial charge on any atom is 0.201 e. The molecular formula is C14H20N4O. The molecule has 1 unspecified atom stereocenters. The third kappa shape index (κ3) is 2.14. The van der Waals surface area contributed by atoms with Crippen LogP contribution in [0.4, 0.5) is 5.95 Å². The number of methoxy groups -OCH3 is 1. The fourth-order valence-corrected chi connectivity index (χ4v) is 2.96. The van der Waals surface area contributed by atoms with Gasteiger partial charge < -0.3 is 19.9 Å². The van der Waals surface area contributed by atoms with Gasteiger partial charge >= 0.3 is 0 Å². The lowest BCUT2D eigenvalue weighted by Crippen LogP contribution is -2.33. The van der Waals surface area contributed by atoms with Gasteiger partial charge in [-0.2, -0.15) is 0 Å². The molecule has 5 nitrogen and oxygen atoms in total. The van der Waals surface area contributed by atoms with E-state index < -0.39 is 0 Å². The number of nitrogen functional groups attached to an aromatic ring is 1. The average Bonchev–Trinajstić information content (AvgIpc) is 2.73. The van der Waals surface area contributed by atoms with E-state index >= 15 is 0 Å². The van der Waals surface area contributed by atoms with Crippen LogP contribution in [-0.4, -0.2) is 41.7 Å². The SMILES string of the molecule is COc1ccc2c(c1)nc(N)n2C1CCCN(C)C1. The molecular weight excluding hydrogens is 240 g/mol. The van der Waals surface area contributed by atoms with Gasteiger partial charge in [0.2, 0.25) is 5.95 Å². The second kappa shape index (κ2) is 4.74. The fourth-order valence-electron chi connectivity index (χ4n) is 2.96. The number of likely N-dealkylation sites (N-methyl/N-ethyl adjacent to an activating group) is 1. The molecule has 1 atom stereocenters. The molecule has 2 aromatic rings. The van der Waals surface area contributed by atoms with Crippen molar-refractivity contribution in [2.75, 3.05) is 33.0 Å². The molecule has 5 heteroatoms. The van der Waals surface area contributed by atoms with E-state index in [-0.39, 0.29) is 0 Å². The number of fused-ring (bicyclic) bond motifs is 1. The number of hydrogen-bond donors (Lipinski definition) is 1. The summed E-state index contributed by atoms with van der Waals surface area (Å²) in [7, 11) is 3.82. The van der Waals surface area contributed by atoms with Gasteiger partial charge in [0.1, 0.15) is 5.75 Å². The van der Waals surface area contributed by atoms with Crippen LogP contribution >= 0.6 is 0 Å². The Morgan fingerprint density at radius 3 is 3.00 bits per heavy atom. The first-order valence-corrected chi connectivity index (χ1v) is 6.69. The first-order valence-electron chi connectivity index (χ1n) is 6.69. The van der Waals surface area contributed by atoms with Crippen LogP contribution in [-0.2, 0) is 0 Å². The molecule has 0 spiro atoms. The van der Waals surface area contributed by atoms with E-state index in [0.717, 1.165) is 36.3 Å². The molecule has 1 aliphatic heterocycles. The number of hydrogen-bond acceptors (Lipinski definition) is 4. The third-order valence-electron chi connectivity index (χ3n) is 3.89. The fraction of sp³-hybridized carbons (Fsp3) is 0.500. The van der Waals surface area contributed by atoms with Gasteiger partial charge in [0.05, 0.1) is 18.1 Å². The Hall–Kier alpha value is -1.75. The van der Waals surface area contributed by atoms with Crippen molar-refractivity contribution >= 4 is 17.0 Å². The van der Waals surface area contributed by atoms with E-state index in [2.05, 4.69) is 21.5 Å². The van der Waals surface area contributed by atoms with E-state index in [1.165, 1.54) is 6.42 Å². The second-order valence-corrected chi connectivity index (χ2v) is 5.25. The number of nitrogens with zero attached hydrogens (tertiary/aromatic N) is 3. The van der Waals surface area contributed by atoms with Crippen LogP contribution < -0.4 is 10.5 Å². The number of nitrogens with two attached hydrogens (primary N) is 1. The Morgan fingerprint density at radius 1 is 1.42 bits per heavy atom. The molecule has 3 rings (SSSR count). The van der Waals surface area contributed by atoms with E-state index in [0.29, 0.717) is 12.0 Å². The number of imidazole rings is 1. The van der Waals surface area contributed by atoms with Crippen LogP contribution in [0.5, 0.6) is 5.75 Å². The lowest BCUT2D eigenvalue weighted by atomic mass is 10.1. The van der Waals surface area contributed by atoms with Gasteiger partial charge in [0, 0.05) is 18.7 Å². The minimum atomic E-state index is 0.414. The van der Waals surface area contributed by atoms with Gasteiger partial charge in [-0.05, 0) is 38.6 Å². The quantitative estimate of drug-likeness (QED) is 0.896. The van der Waals surface area contributed by atoms with Crippen molar-refractivity contribution in [1.29, 1.82) is 0 Å². The van der Waals surface area contributed by atoms with Gasteiger partial charge in [-0.1, -0.05) is 0 Å². The predicted octanol–water partition coefficient (Wildman–Crippen LogP) is 1.89. The Kier molecular flexibility index (Phi) is 3.06. The Balaban J connectivity index is 2.05. The molecule has 0 amide bonds. The molecule has 0 aliphatic carbocycles. The van der Waals surface area contributed by atoms with E-state index in [9.17, 15) is 0 Å². The summed E-state index contributed by atoms with van der Waals surface area (Å²) in [5.74, 6) is 1.42. The molecule has 0 bridgehead atoms. The minimum Gasteiger partial charge on any atom is -0.497 e. The van der Waals surface area contributed by atoms with Crippen LogP contribution in [0.2, 0.25) is 0 Å². The van der Waals surface area contributed by atoms with Crippen molar-refractivity contribution in [3.05, 3.63) is 18.2 Å².